The van der Waals surface area contributed by atoms with Crippen molar-refractivity contribution < 1.29 is 19.1 Å². The molecule has 0 spiro atoms. The van der Waals surface area contributed by atoms with Crippen LogP contribution in [0.3, 0.4) is 0 Å². The van der Waals surface area contributed by atoms with E-state index in [2.05, 4.69) is 10.6 Å². The van der Waals surface area contributed by atoms with Crippen molar-refractivity contribution in [3.63, 3.8) is 0 Å². The van der Waals surface area contributed by atoms with E-state index in [4.69, 9.17) is 15.2 Å². The van der Waals surface area contributed by atoms with Gasteiger partial charge in [-0.3, -0.25) is 10.1 Å². The molecule has 3 amide bonds. The number of urea groups is 1. The van der Waals surface area contributed by atoms with Gasteiger partial charge in [0.15, 0.2) is 0 Å². The van der Waals surface area contributed by atoms with Crippen molar-refractivity contribution in [2.24, 2.45) is 5.73 Å². The normalized spacial score (nSPS) is 10.2. The molecule has 1 aromatic heterocycles. The third-order valence-corrected chi connectivity index (χ3v) is 4.64. The summed E-state index contributed by atoms with van der Waals surface area (Å²) >= 11 is 1.30. The van der Waals surface area contributed by atoms with E-state index in [1.54, 1.807) is 25.1 Å². The smallest absolute Gasteiger partial charge is 0.324 e. The van der Waals surface area contributed by atoms with E-state index < -0.39 is 11.9 Å². The van der Waals surface area contributed by atoms with Crippen molar-refractivity contribution in [2.45, 2.75) is 13.8 Å². The number of amides is 3. The summed E-state index contributed by atoms with van der Waals surface area (Å²) in [6.45, 7) is 3.65. The lowest BCUT2D eigenvalue weighted by molar-refractivity contribution is 0.100. The molecule has 2 rings (SSSR count). The molecule has 7 nitrogen and oxygen atoms in total. The van der Waals surface area contributed by atoms with Crippen LogP contribution in [0, 0.1) is 13.8 Å². The minimum atomic E-state index is -0.578. The Balaban J connectivity index is 2.23. The van der Waals surface area contributed by atoms with Crippen LogP contribution in [0.15, 0.2) is 18.2 Å². The van der Waals surface area contributed by atoms with Crippen molar-refractivity contribution in [1.29, 1.82) is 0 Å². The first-order valence-electron chi connectivity index (χ1n) is 7.07. The number of methoxy groups -OCH3 is 2. The Morgan fingerprint density at radius 3 is 2.42 bits per heavy atom. The molecule has 0 saturated heterocycles. The number of thiophene rings is 1. The number of ether oxygens (including phenoxy) is 2. The molecular formula is C16H19N3O4S. The third-order valence-electron chi connectivity index (χ3n) is 3.51. The average molecular weight is 349 g/mol. The van der Waals surface area contributed by atoms with Gasteiger partial charge in [-0.2, -0.15) is 0 Å². The Hall–Kier alpha value is -2.74. The van der Waals surface area contributed by atoms with Gasteiger partial charge >= 0.3 is 6.03 Å². The maximum atomic E-state index is 12.3. The molecule has 128 valence electrons. The molecule has 0 fully saturated rings. The summed E-state index contributed by atoms with van der Waals surface area (Å²) in [5, 5.41) is 5.75. The topological polar surface area (TPSA) is 103 Å². The van der Waals surface area contributed by atoms with E-state index in [0.29, 0.717) is 27.8 Å². The Morgan fingerprint density at radius 2 is 1.83 bits per heavy atom. The molecule has 0 atom stereocenters. The highest BCUT2D eigenvalue weighted by Gasteiger charge is 2.19. The van der Waals surface area contributed by atoms with Crippen LogP contribution in [0.25, 0.3) is 0 Å². The Bertz CT molecular complexity index is 786. The average Bonchev–Trinajstić information content (AvgIpc) is 2.81. The number of benzene rings is 1. The van der Waals surface area contributed by atoms with E-state index in [-0.39, 0.29) is 0 Å². The van der Waals surface area contributed by atoms with Crippen LogP contribution in [-0.2, 0) is 0 Å². The number of primary amides is 1. The molecule has 1 aromatic carbocycles. The second-order valence-electron chi connectivity index (χ2n) is 5.00. The molecule has 1 heterocycles. The number of hydrogen-bond acceptors (Lipinski definition) is 5. The quantitative estimate of drug-likeness (QED) is 0.771. The van der Waals surface area contributed by atoms with Gasteiger partial charge in [0.1, 0.15) is 16.5 Å². The lowest BCUT2D eigenvalue weighted by Gasteiger charge is -2.12. The summed E-state index contributed by atoms with van der Waals surface area (Å²) in [4.78, 5) is 24.8. The second-order valence-corrected chi connectivity index (χ2v) is 6.22. The lowest BCUT2D eigenvalue weighted by Crippen LogP contribution is -2.22. The zero-order valence-electron chi connectivity index (χ0n) is 13.9. The zero-order valence-corrected chi connectivity index (χ0v) is 14.7. The van der Waals surface area contributed by atoms with Gasteiger partial charge in [0.2, 0.25) is 0 Å². The highest BCUT2D eigenvalue weighted by molar-refractivity contribution is 7.16. The van der Waals surface area contributed by atoms with E-state index in [1.165, 1.54) is 25.6 Å². The third kappa shape index (κ3) is 3.60. The first-order chi connectivity index (χ1) is 11.4. The highest BCUT2D eigenvalue weighted by atomic mass is 32.1. The van der Waals surface area contributed by atoms with Crippen LogP contribution in [-0.4, -0.2) is 26.2 Å². The van der Waals surface area contributed by atoms with Crippen molar-refractivity contribution in [3.8, 4) is 11.5 Å². The van der Waals surface area contributed by atoms with E-state index in [9.17, 15) is 9.59 Å². The van der Waals surface area contributed by atoms with Crippen LogP contribution in [0.4, 0.5) is 15.5 Å². The number of rotatable bonds is 5. The lowest BCUT2D eigenvalue weighted by atomic mass is 10.1. The zero-order chi connectivity index (χ0) is 17.9. The molecule has 24 heavy (non-hydrogen) atoms. The maximum absolute atomic E-state index is 12.3. The largest absolute Gasteiger partial charge is 0.497 e. The molecule has 0 unspecified atom stereocenters. The molecule has 0 radical (unpaired) electrons. The Morgan fingerprint density at radius 1 is 1.12 bits per heavy atom. The number of carbonyl (C=O) groups is 2. The molecule has 0 saturated carbocycles. The standard InChI is InChI=1S/C16H19N3O4S/c1-8-9(2)24-15(13(8)14(17)20)19-16(21)18-11-7-10(22-3)5-6-12(11)23-4/h5-7H,1-4H3,(H2,17,20)(H2,18,19,21). The fourth-order valence-corrected chi connectivity index (χ4v) is 3.24. The first kappa shape index (κ1) is 17.6. The van der Waals surface area contributed by atoms with Crippen molar-refractivity contribution in [3.05, 3.63) is 34.2 Å². The molecule has 2 aromatic rings. The van der Waals surface area contributed by atoms with E-state index in [1.807, 2.05) is 6.92 Å². The van der Waals surface area contributed by atoms with Crippen molar-refractivity contribution in [2.75, 3.05) is 24.9 Å². The summed E-state index contributed by atoms with van der Waals surface area (Å²) in [7, 11) is 3.03. The predicted octanol–water partition coefficient (Wildman–Crippen LogP) is 3.13. The second kappa shape index (κ2) is 7.22. The van der Waals surface area contributed by atoms with Crippen LogP contribution in [0.2, 0.25) is 0 Å². The molecular weight excluding hydrogens is 330 g/mol. The number of carbonyl (C=O) groups excluding carboxylic acids is 2. The summed E-state index contributed by atoms with van der Waals surface area (Å²) in [5.74, 6) is 0.484. The number of anilines is 2. The van der Waals surface area contributed by atoms with E-state index >= 15 is 0 Å². The predicted molar refractivity (Wildman–Crippen MR) is 94.5 cm³/mol. The summed E-state index contributed by atoms with van der Waals surface area (Å²) in [6, 6.07) is 4.53. The van der Waals surface area contributed by atoms with Crippen LogP contribution in [0.5, 0.6) is 11.5 Å². The number of aryl methyl sites for hydroxylation is 1. The SMILES string of the molecule is COc1ccc(OC)c(NC(=O)Nc2sc(C)c(C)c2C(N)=O)c1. The van der Waals surface area contributed by atoms with Gasteiger partial charge in [0.05, 0.1) is 25.5 Å². The Kier molecular flexibility index (Phi) is 5.30. The summed E-state index contributed by atoms with van der Waals surface area (Å²) in [5.41, 5.74) is 6.93. The fraction of sp³-hybridized carbons (Fsp3) is 0.250. The van der Waals surface area contributed by atoms with Crippen molar-refractivity contribution in [1.82, 2.24) is 0 Å². The first-order valence-corrected chi connectivity index (χ1v) is 7.88. The summed E-state index contributed by atoms with van der Waals surface area (Å²) in [6.07, 6.45) is 0. The molecule has 0 aliphatic carbocycles. The number of hydrogen-bond donors (Lipinski definition) is 3. The highest BCUT2D eigenvalue weighted by Crippen LogP contribution is 2.33. The van der Waals surface area contributed by atoms with Gasteiger partial charge in [0.25, 0.3) is 5.91 Å². The van der Waals surface area contributed by atoms with Crippen LogP contribution in [0.1, 0.15) is 20.8 Å². The van der Waals surface area contributed by atoms with Gasteiger partial charge in [0, 0.05) is 10.9 Å². The van der Waals surface area contributed by atoms with Gasteiger partial charge in [-0.1, -0.05) is 0 Å². The molecule has 0 aliphatic heterocycles. The molecule has 8 heteroatoms. The fourth-order valence-electron chi connectivity index (χ4n) is 2.18. The van der Waals surface area contributed by atoms with E-state index in [0.717, 1.165) is 10.4 Å². The van der Waals surface area contributed by atoms with Crippen LogP contribution >= 0.6 is 11.3 Å². The van der Waals surface area contributed by atoms with Crippen LogP contribution < -0.4 is 25.8 Å². The van der Waals surface area contributed by atoms with Gasteiger partial charge in [-0.15, -0.1) is 11.3 Å². The van der Waals surface area contributed by atoms with Crippen molar-refractivity contribution >= 4 is 34.0 Å². The monoisotopic (exact) mass is 349 g/mol. The van der Waals surface area contributed by atoms with Gasteiger partial charge < -0.3 is 20.5 Å². The molecule has 4 N–H and O–H groups in total. The molecule has 0 bridgehead atoms. The maximum Gasteiger partial charge on any atom is 0.324 e. The summed E-state index contributed by atoms with van der Waals surface area (Å²) < 4.78 is 10.3. The Labute approximate surface area is 143 Å². The number of nitrogens with two attached hydrogens (primary N) is 1. The minimum absolute atomic E-state index is 0.324. The van der Waals surface area contributed by atoms with Gasteiger partial charge in [-0.05, 0) is 31.5 Å². The number of nitrogens with one attached hydrogen (secondary N) is 2. The minimum Gasteiger partial charge on any atom is -0.497 e. The van der Waals surface area contributed by atoms with Gasteiger partial charge in [-0.25, -0.2) is 4.79 Å². The molecule has 0 aliphatic rings.